The Kier molecular flexibility index (Phi) is 3.75. The van der Waals surface area contributed by atoms with Gasteiger partial charge in [-0.05, 0) is 36.2 Å². The first-order valence-corrected chi connectivity index (χ1v) is 7.04. The van der Waals surface area contributed by atoms with Crippen LogP contribution >= 0.6 is 29.4 Å². The van der Waals surface area contributed by atoms with Gasteiger partial charge in [0.2, 0.25) is 0 Å². The lowest BCUT2D eigenvalue weighted by Crippen LogP contribution is -2.01. The van der Waals surface area contributed by atoms with Crippen molar-refractivity contribution in [3.63, 3.8) is 0 Å². The average Bonchev–Trinajstić information content (AvgIpc) is 2.19. The summed E-state index contributed by atoms with van der Waals surface area (Å²) in [7, 11) is 2.47. The number of rotatable bonds is 2. The summed E-state index contributed by atoms with van der Waals surface area (Å²) in [6.45, 7) is 2.25. The third kappa shape index (κ3) is 2.14. The molecule has 0 bridgehead atoms. The van der Waals surface area contributed by atoms with Crippen LogP contribution in [0.25, 0.3) is 0 Å². The van der Waals surface area contributed by atoms with Gasteiger partial charge in [-0.15, -0.1) is 9.24 Å². The van der Waals surface area contributed by atoms with E-state index in [1.165, 1.54) is 17.6 Å². The molecule has 0 aromatic rings. The molecular weight excluding hydrogens is 190 g/mol. The maximum Gasteiger partial charge on any atom is -0.00921 e. The average molecular weight is 206 g/mol. The van der Waals surface area contributed by atoms with Crippen molar-refractivity contribution in [2.24, 2.45) is 5.92 Å². The Morgan fingerprint density at radius 2 is 2.45 bits per heavy atom. The Morgan fingerprint density at radius 3 is 2.82 bits per heavy atom. The van der Waals surface area contributed by atoms with Gasteiger partial charge in [0, 0.05) is 0 Å². The van der Waals surface area contributed by atoms with Crippen molar-refractivity contribution >= 4 is 35.7 Å². The van der Waals surface area contributed by atoms with Gasteiger partial charge in [0.1, 0.15) is 0 Å². The Balaban J connectivity index is 2.69. The highest BCUT2D eigenvalue weighted by molar-refractivity contribution is 7.80. The minimum absolute atomic E-state index is 0.395. The minimum Gasteiger partial charge on any atom is -0.179 e. The molecule has 0 amide bonds. The SMILES string of the molecule is C=[PH]1CC(CCS)C(C)=C1P. The standard InChI is InChI=1S/C8H16P2S/c1-6-7(3-4-11)5-10(2)8(6)9/h7,10-11H,2-5,9H2,1H3. The molecule has 0 aromatic heterocycles. The summed E-state index contributed by atoms with van der Waals surface area (Å²) < 4.78 is 0. The van der Waals surface area contributed by atoms with Gasteiger partial charge in [0.15, 0.2) is 0 Å². The van der Waals surface area contributed by atoms with Crippen LogP contribution in [-0.4, -0.2) is 18.2 Å². The van der Waals surface area contributed by atoms with E-state index in [2.05, 4.69) is 35.1 Å². The minimum atomic E-state index is -0.395. The summed E-state index contributed by atoms with van der Waals surface area (Å²) in [5.41, 5.74) is 1.58. The van der Waals surface area contributed by atoms with Crippen molar-refractivity contribution in [3.05, 3.63) is 10.6 Å². The molecule has 0 aliphatic carbocycles. The first-order chi connectivity index (χ1) is 5.16. The molecule has 0 N–H and O–H groups in total. The van der Waals surface area contributed by atoms with Crippen LogP contribution in [-0.2, 0) is 0 Å². The molecule has 0 saturated carbocycles. The Hall–Kier alpha value is 0.820. The molecule has 3 heteroatoms. The van der Waals surface area contributed by atoms with Crippen molar-refractivity contribution in [3.8, 4) is 0 Å². The third-order valence-corrected chi connectivity index (χ3v) is 6.47. The van der Waals surface area contributed by atoms with E-state index in [4.69, 9.17) is 0 Å². The molecule has 0 saturated heterocycles. The van der Waals surface area contributed by atoms with Crippen LogP contribution < -0.4 is 0 Å². The van der Waals surface area contributed by atoms with E-state index >= 15 is 0 Å². The molecule has 0 radical (unpaired) electrons. The molecule has 0 aromatic carbocycles. The summed E-state index contributed by atoms with van der Waals surface area (Å²) >= 11 is 4.26. The van der Waals surface area contributed by atoms with E-state index in [1.54, 1.807) is 5.57 Å². The summed E-state index contributed by atoms with van der Waals surface area (Å²) in [5, 5.41) is 1.53. The Bertz CT molecular complexity index is 208. The zero-order chi connectivity index (χ0) is 8.43. The van der Waals surface area contributed by atoms with Crippen LogP contribution in [0.2, 0.25) is 0 Å². The van der Waals surface area contributed by atoms with Gasteiger partial charge in [-0.25, -0.2) is 0 Å². The van der Waals surface area contributed by atoms with E-state index in [0.29, 0.717) is 0 Å². The molecule has 11 heavy (non-hydrogen) atoms. The predicted octanol–water partition coefficient (Wildman–Crippen LogP) is 2.69. The van der Waals surface area contributed by atoms with Crippen molar-refractivity contribution in [2.75, 3.05) is 11.9 Å². The fraction of sp³-hybridized carbons (Fsp3) is 0.625. The van der Waals surface area contributed by atoms with Gasteiger partial charge < -0.3 is 0 Å². The fourth-order valence-corrected chi connectivity index (χ4v) is 4.52. The first kappa shape index (κ1) is 9.90. The van der Waals surface area contributed by atoms with Crippen molar-refractivity contribution < 1.29 is 0 Å². The maximum atomic E-state index is 4.26. The molecule has 1 aliphatic rings. The Morgan fingerprint density at radius 1 is 1.82 bits per heavy atom. The van der Waals surface area contributed by atoms with Crippen LogP contribution in [0.3, 0.4) is 0 Å². The number of thiol groups is 1. The van der Waals surface area contributed by atoms with Gasteiger partial charge >= 0.3 is 0 Å². The summed E-state index contributed by atoms with van der Waals surface area (Å²) in [4.78, 5) is 0. The highest BCUT2D eigenvalue weighted by atomic mass is 32.1. The molecule has 1 rings (SSSR count). The maximum absolute atomic E-state index is 4.26. The van der Waals surface area contributed by atoms with Crippen LogP contribution in [0.1, 0.15) is 13.3 Å². The molecule has 1 aliphatic heterocycles. The molecule has 0 nitrogen and oxygen atoms in total. The topological polar surface area (TPSA) is 0 Å². The van der Waals surface area contributed by atoms with E-state index in [0.717, 1.165) is 11.7 Å². The van der Waals surface area contributed by atoms with E-state index < -0.39 is 7.55 Å². The molecule has 1 heterocycles. The van der Waals surface area contributed by atoms with Crippen molar-refractivity contribution in [1.82, 2.24) is 0 Å². The second-order valence-corrected chi connectivity index (χ2v) is 6.87. The molecule has 3 atom stereocenters. The summed E-state index contributed by atoms with van der Waals surface area (Å²) in [5.74, 6) is 1.81. The smallest absolute Gasteiger partial charge is 0.00921 e. The van der Waals surface area contributed by atoms with Gasteiger partial charge in [-0.1, -0.05) is 19.4 Å². The molecule has 3 unspecified atom stereocenters. The summed E-state index contributed by atoms with van der Waals surface area (Å²) in [6.07, 6.45) is 6.76. The first-order valence-electron chi connectivity index (χ1n) is 3.92. The van der Waals surface area contributed by atoms with E-state index in [-0.39, 0.29) is 0 Å². The van der Waals surface area contributed by atoms with E-state index in [1.807, 2.05) is 0 Å². The van der Waals surface area contributed by atoms with Crippen LogP contribution in [0, 0.1) is 5.92 Å². The lowest BCUT2D eigenvalue weighted by atomic mass is 10.0. The second kappa shape index (κ2) is 4.17. The highest BCUT2D eigenvalue weighted by Gasteiger charge is 2.20. The number of hydrogen-bond acceptors (Lipinski definition) is 1. The highest BCUT2D eigenvalue weighted by Crippen LogP contribution is 2.50. The van der Waals surface area contributed by atoms with Crippen molar-refractivity contribution in [2.45, 2.75) is 13.3 Å². The van der Waals surface area contributed by atoms with Gasteiger partial charge in [-0.2, -0.15) is 12.6 Å². The van der Waals surface area contributed by atoms with Gasteiger partial charge in [0.25, 0.3) is 0 Å². The zero-order valence-corrected chi connectivity index (χ0v) is 9.98. The van der Waals surface area contributed by atoms with Gasteiger partial charge in [0.05, 0.1) is 0 Å². The third-order valence-electron chi connectivity index (χ3n) is 2.39. The fourth-order valence-electron chi connectivity index (χ4n) is 1.53. The van der Waals surface area contributed by atoms with Crippen molar-refractivity contribution in [1.29, 1.82) is 0 Å². The molecule has 0 spiro atoms. The molecular formula is C8H16P2S. The zero-order valence-electron chi connectivity index (χ0n) is 6.93. The number of allylic oxidation sites excluding steroid dienone is 1. The van der Waals surface area contributed by atoms with Crippen LogP contribution in [0.5, 0.6) is 0 Å². The largest absolute Gasteiger partial charge is 0.179 e. The second-order valence-electron chi connectivity index (χ2n) is 3.11. The normalized spacial score (nSPS) is 31.5. The monoisotopic (exact) mass is 206 g/mol. The van der Waals surface area contributed by atoms with Crippen LogP contribution in [0.15, 0.2) is 10.6 Å². The summed E-state index contributed by atoms with van der Waals surface area (Å²) in [6, 6.07) is 0. The quantitative estimate of drug-likeness (QED) is 0.521. The van der Waals surface area contributed by atoms with Gasteiger partial charge in [-0.3, -0.25) is 0 Å². The van der Waals surface area contributed by atoms with E-state index in [9.17, 15) is 0 Å². The Labute approximate surface area is 77.8 Å². The lowest BCUT2D eigenvalue weighted by molar-refractivity contribution is 0.682. The number of hydrogen-bond donors (Lipinski definition) is 1. The van der Waals surface area contributed by atoms with Crippen LogP contribution in [0.4, 0.5) is 0 Å². The molecule has 0 fully saturated rings. The predicted molar refractivity (Wildman–Crippen MR) is 64.7 cm³/mol. The molecule has 64 valence electrons. The lowest BCUT2D eigenvalue weighted by Gasteiger charge is -2.08.